The molecule has 2 aromatic heterocycles. The van der Waals surface area contributed by atoms with Gasteiger partial charge >= 0.3 is 6.18 Å². The Morgan fingerprint density at radius 3 is 2.45 bits per heavy atom. The highest BCUT2D eigenvalue weighted by molar-refractivity contribution is 7.90. The van der Waals surface area contributed by atoms with Crippen LogP contribution in [0.15, 0.2) is 78.0 Å². The second-order valence-electron chi connectivity index (χ2n) is 8.31. The first-order valence-corrected chi connectivity index (χ1v) is 13.3. The molecule has 0 spiro atoms. The van der Waals surface area contributed by atoms with Gasteiger partial charge in [0.25, 0.3) is 0 Å². The minimum absolute atomic E-state index is 0.104. The first-order valence-electron chi connectivity index (χ1n) is 11.0. The number of nitrogens with zero attached hydrogens (tertiary/aromatic N) is 3. The molecule has 12 heteroatoms. The monoisotopic (exact) mass is 559 g/mol. The summed E-state index contributed by atoms with van der Waals surface area (Å²) in [7, 11) is -3.47. The minimum Gasteiger partial charge on any atom is -0.354 e. The Kier molecular flexibility index (Phi) is 7.43. The number of imidazole rings is 1. The van der Waals surface area contributed by atoms with Crippen LogP contribution in [0.4, 0.5) is 18.9 Å². The van der Waals surface area contributed by atoms with Crippen LogP contribution < -0.4 is 5.32 Å². The van der Waals surface area contributed by atoms with E-state index >= 15 is 0 Å². The van der Waals surface area contributed by atoms with Gasteiger partial charge in [-0.1, -0.05) is 29.8 Å². The van der Waals surface area contributed by atoms with Crippen molar-refractivity contribution >= 4 is 39.0 Å². The largest absolute Gasteiger partial charge is 0.434 e. The summed E-state index contributed by atoms with van der Waals surface area (Å²) >= 11 is 5.89. The zero-order valence-electron chi connectivity index (χ0n) is 20.1. The molecule has 0 atom stereocenters. The predicted octanol–water partition coefficient (Wildman–Crippen LogP) is 6.42. The Bertz CT molecular complexity index is 1650. The Hall–Kier alpha value is -3.96. The number of pyridine rings is 1. The van der Waals surface area contributed by atoms with Crippen molar-refractivity contribution in [2.75, 3.05) is 11.6 Å². The standard InChI is InChI=1S/C26H21ClF3N5O2S/c1-16-33-24(26(28,29)30)15-35(16)23-8-6-18(17-4-3-5-20(12-17)38(2,36)37)13-21(23)22(10-11-31)34-19-7-9-25(27)32-14-19/h3-15,31,34H,1-2H3/b22-10-,31-11?. The van der Waals surface area contributed by atoms with Crippen LogP contribution in [0.2, 0.25) is 5.15 Å². The van der Waals surface area contributed by atoms with E-state index in [1.165, 1.54) is 35.9 Å². The number of anilines is 1. The van der Waals surface area contributed by atoms with Crippen LogP contribution in [0.1, 0.15) is 17.1 Å². The lowest BCUT2D eigenvalue weighted by molar-refractivity contribution is -0.141. The second kappa shape index (κ2) is 10.4. The summed E-state index contributed by atoms with van der Waals surface area (Å²) in [4.78, 5) is 7.84. The van der Waals surface area contributed by atoms with E-state index in [1.807, 2.05) is 0 Å². The average Bonchev–Trinajstić information content (AvgIpc) is 3.26. The van der Waals surface area contributed by atoms with Gasteiger partial charge in [0.1, 0.15) is 11.0 Å². The van der Waals surface area contributed by atoms with Crippen LogP contribution >= 0.6 is 11.6 Å². The van der Waals surface area contributed by atoms with E-state index in [4.69, 9.17) is 17.0 Å². The van der Waals surface area contributed by atoms with Gasteiger partial charge in [-0.15, -0.1) is 0 Å². The number of sulfone groups is 1. The summed E-state index contributed by atoms with van der Waals surface area (Å²) in [5.41, 5.74) is 1.84. The van der Waals surface area contributed by atoms with Gasteiger partial charge in [0.15, 0.2) is 15.5 Å². The molecule has 4 rings (SSSR count). The van der Waals surface area contributed by atoms with Gasteiger partial charge in [-0.05, 0) is 60.5 Å². The van der Waals surface area contributed by atoms with Crippen LogP contribution in [0.3, 0.4) is 0 Å². The van der Waals surface area contributed by atoms with Crippen molar-refractivity contribution in [2.45, 2.75) is 18.0 Å². The third-order valence-corrected chi connectivity index (χ3v) is 6.90. The van der Waals surface area contributed by atoms with Gasteiger partial charge in [-0.2, -0.15) is 13.2 Å². The number of hydrogen-bond donors (Lipinski definition) is 2. The van der Waals surface area contributed by atoms with Crippen molar-refractivity contribution in [3.05, 3.63) is 95.3 Å². The fourth-order valence-corrected chi connectivity index (χ4v) is 4.57. The Morgan fingerprint density at radius 2 is 1.84 bits per heavy atom. The molecular formula is C26H21ClF3N5O2S. The fourth-order valence-electron chi connectivity index (χ4n) is 3.79. The van der Waals surface area contributed by atoms with E-state index in [0.717, 1.165) is 18.7 Å². The molecule has 4 aromatic rings. The molecule has 0 fully saturated rings. The maximum Gasteiger partial charge on any atom is 0.434 e. The first kappa shape index (κ1) is 27.1. The number of benzene rings is 2. The van der Waals surface area contributed by atoms with Crippen molar-refractivity contribution in [1.82, 2.24) is 14.5 Å². The molecule has 0 amide bonds. The lowest BCUT2D eigenvalue weighted by Gasteiger charge is -2.18. The second-order valence-corrected chi connectivity index (χ2v) is 10.7. The fraction of sp³-hybridized carbons (Fsp3) is 0.115. The van der Waals surface area contributed by atoms with Crippen molar-refractivity contribution in [1.29, 1.82) is 5.41 Å². The number of allylic oxidation sites excluding steroid dienone is 1. The quantitative estimate of drug-likeness (QED) is 0.201. The number of nitrogens with one attached hydrogen (secondary N) is 2. The summed E-state index contributed by atoms with van der Waals surface area (Å²) in [6.07, 6.45) is 1.33. The molecule has 0 unspecified atom stereocenters. The van der Waals surface area contributed by atoms with Crippen LogP contribution in [-0.4, -0.2) is 35.4 Å². The molecule has 7 nitrogen and oxygen atoms in total. The molecular weight excluding hydrogens is 539 g/mol. The number of aromatic nitrogens is 3. The summed E-state index contributed by atoms with van der Waals surface area (Å²) < 4.78 is 65.8. The Labute approximate surface area is 222 Å². The molecule has 0 radical (unpaired) electrons. The molecule has 0 aliphatic carbocycles. The van der Waals surface area contributed by atoms with E-state index in [-0.39, 0.29) is 15.9 Å². The van der Waals surface area contributed by atoms with Gasteiger partial charge < -0.3 is 15.3 Å². The van der Waals surface area contributed by atoms with Crippen molar-refractivity contribution in [3.8, 4) is 16.8 Å². The van der Waals surface area contributed by atoms with Gasteiger partial charge in [-0.3, -0.25) is 0 Å². The Balaban J connectivity index is 1.93. The SMILES string of the molecule is Cc1nc(C(F)(F)F)cn1-c1ccc(-c2cccc(S(C)(=O)=O)c2)cc1/C(=C/C=N)Nc1ccc(Cl)nc1. The lowest BCUT2D eigenvalue weighted by Crippen LogP contribution is -2.07. The van der Waals surface area contributed by atoms with Crippen molar-refractivity contribution in [3.63, 3.8) is 0 Å². The number of aryl methyl sites for hydroxylation is 1. The normalized spacial score (nSPS) is 12.4. The first-order chi connectivity index (χ1) is 17.9. The molecule has 0 aliphatic rings. The maximum atomic E-state index is 13.4. The molecule has 196 valence electrons. The van der Waals surface area contributed by atoms with E-state index in [2.05, 4.69) is 15.3 Å². The highest BCUT2D eigenvalue weighted by Gasteiger charge is 2.34. The van der Waals surface area contributed by atoms with Crippen molar-refractivity contribution in [2.24, 2.45) is 0 Å². The highest BCUT2D eigenvalue weighted by atomic mass is 35.5. The maximum absolute atomic E-state index is 13.4. The number of hydrogen-bond acceptors (Lipinski definition) is 6. The molecule has 0 saturated heterocycles. The Morgan fingerprint density at radius 1 is 1.11 bits per heavy atom. The minimum atomic E-state index is -4.64. The van der Waals surface area contributed by atoms with E-state index in [9.17, 15) is 21.6 Å². The van der Waals surface area contributed by atoms with Gasteiger partial charge in [0, 0.05) is 29.9 Å². The molecule has 2 N–H and O–H groups in total. The highest BCUT2D eigenvalue weighted by Crippen LogP contribution is 2.34. The van der Waals surface area contributed by atoms with E-state index in [1.54, 1.807) is 42.5 Å². The van der Waals surface area contributed by atoms with Crippen molar-refractivity contribution < 1.29 is 21.6 Å². The number of halogens is 4. The van der Waals surface area contributed by atoms with Gasteiger partial charge in [-0.25, -0.2) is 18.4 Å². The van der Waals surface area contributed by atoms with E-state index in [0.29, 0.717) is 33.8 Å². The summed E-state index contributed by atoms with van der Waals surface area (Å²) in [6, 6.07) is 14.6. The van der Waals surface area contributed by atoms with Crippen LogP contribution in [0, 0.1) is 12.3 Å². The third kappa shape index (κ3) is 5.95. The topological polar surface area (TPSA) is 101 Å². The molecule has 0 bridgehead atoms. The van der Waals surface area contributed by atoms with Crippen LogP contribution in [0.5, 0.6) is 0 Å². The smallest absolute Gasteiger partial charge is 0.354 e. The molecule has 2 heterocycles. The average molecular weight is 560 g/mol. The number of rotatable bonds is 7. The lowest BCUT2D eigenvalue weighted by atomic mass is 9.99. The van der Waals surface area contributed by atoms with Crippen LogP contribution in [-0.2, 0) is 16.0 Å². The van der Waals surface area contributed by atoms with Crippen LogP contribution in [0.25, 0.3) is 22.5 Å². The van der Waals surface area contributed by atoms with E-state index < -0.39 is 21.7 Å². The molecule has 2 aromatic carbocycles. The van der Waals surface area contributed by atoms with Gasteiger partial charge in [0.2, 0.25) is 0 Å². The predicted molar refractivity (Wildman–Crippen MR) is 141 cm³/mol. The number of alkyl halides is 3. The zero-order chi connectivity index (χ0) is 27.7. The zero-order valence-corrected chi connectivity index (χ0v) is 21.7. The molecule has 38 heavy (non-hydrogen) atoms. The molecule has 0 saturated carbocycles. The summed E-state index contributed by atoms with van der Waals surface area (Å²) in [5, 5.41) is 11.1. The summed E-state index contributed by atoms with van der Waals surface area (Å²) in [5.74, 6) is 0.104. The molecule has 0 aliphatic heterocycles. The van der Waals surface area contributed by atoms with Gasteiger partial charge in [0.05, 0.1) is 22.5 Å². The third-order valence-electron chi connectivity index (χ3n) is 5.57. The summed E-state index contributed by atoms with van der Waals surface area (Å²) in [6.45, 7) is 1.46.